The van der Waals surface area contributed by atoms with Crippen LogP contribution in [0.15, 0.2) is 72.9 Å². The van der Waals surface area contributed by atoms with Crippen molar-refractivity contribution in [2.75, 3.05) is 5.32 Å². The fourth-order valence-electron chi connectivity index (χ4n) is 4.50. The topological polar surface area (TPSA) is 49.4 Å². The van der Waals surface area contributed by atoms with Crippen LogP contribution in [0.2, 0.25) is 0 Å². The highest BCUT2D eigenvalue weighted by atomic mass is 16.2. The molecule has 0 radical (unpaired) electrons. The number of rotatable bonds is 3. The van der Waals surface area contributed by atoms with E-state index in [1.54, 1.807) is 11.1 Å². The molecule has 0 unspecified atom stereocenters. The molecule has 0 fully saturated rings. The van der Waals surface area contributed by atoms with Gasteiger partial charge in [0.1, 0.15) is 0 Å². The molecule has 4 nitrogen and oxygen atoms in total. The van der Waals surface area contributed by atoms with Gasteiger partial charge in [0.2, 0.25) is 11.8 Å². The van der Waals surface area contributed by atoms with Crippen LogP contribution in [0.3, 0.4) is 0 Å². The van der Waals surface area contributed by atoms with Crippen LogP contribution >= 0.6 is 0 Å². The minimum Gasteiger partial charge on any atom is -0.326 e. The van der Waals surface area contributed by atoms with Crippen LogP contribution in [0.4, 0.5) is 5.69 Å². The van der Waals surface area contributed by atoms with Crippen molar-refractivity contribution in [3.63, 3.8) is 0 Å². The van der Waals surface area contributed by atoms with Crippen molar-refractivity contribution < 1.29 is 9.59 Å². The van der Waals surface area contributed by atoms with Gasteiger partial charge < -0.3 is 10.2 Å². The zero-order chi connectivity index (χ0) is 20.7. The smallest absolute Gasteiger partial charge is 0.226 e. The first-order valence-corrected chi connectivity index (χ1v) is 10.2. The summed E-state index contributed by atoms with van der Waals surface area (Å²) in [4.78, 5) is 26.7. The van der Waals surface area contributed by atoms with Gasteiger partial charge in [-0.15, -0.1) is 0 Å². The molecule has 1 heterocycles. The Morgan fingerprint density at radius 3 is 2.60 bits per heavy atom. The van der Waals surface area contributed by atoms with Crippen LogP contribution in [0, 0.1) is 0 Å². The van der Waals surface area contributed by atoms with Crippen LogP contribution in [-0.2, 0) is 16.0 Å². The Balaban J connectivity index is 1.38. The second-order valence-electron chi connectivity index (χ2n) is 7.84. The minimum absolute atomic E-state index is 0.0762. The lowest BCUT2D eigenvalue weighted by atomic mass is 9.93. The van der Waals surface area contributed by atoms with E-state index in [4.69, 9.17) is 0 Å². The number of benzene rings is 3. The first-order chi connectivity index (χ1) is 14.6. The average molecular weight is 394 g/mol. The van der Waals surface area contributed by atoms with E-state index in [0.717, 1.165) is 23.2 Å². The maximum absolute atomic E-state index is 12.9. The van der Waals surface area contributed by atoms with Gasteiger partial charge in [-0.3, -0.25) is 9.59 Å². The Hall–Kier alpha value is -3.66. The number of hydrogen-bond donors (Lipinski definition) is 1. The maximum Gasteiger partial charge on any atom is 0.226 e. The molecule has 148 valence electrons. The summed E-state index contributed by atoms with van der Waals surface area (Å²) in [5.74, 6) is -0.185. The van der Waals surface area contributed by atoms with Crippen LogP contribution in [0.1, 0.15) is 41.6 Å². The third kappa shape index (κ3) is 3.20. The van der Waals surface area contributed by atoms with Gasteiger partial charge in [-0.1, -0.05) is 54.6 Å². The van der Waals surface area contributed by atoms with Gasteiger partial charge >= 0.3 is 0 Å². The van der Waals surface area contributed by atoms with E-state index >= 15 is 0 Å². The number of amides is 2. The molecule has 1 N–H and O–H groups in total. The summed E-state index contributed by atoms with van der Waals surface area (Å²) in [6.45, 7) is 1.53. The minimum atomic E-state index is -0.307. The molecule has 0 aromatic heterocycles. The van der Waals surface area contributed by atoms with Gasteiger partial charge in [0.25, 0.3) is 0 Å². The lowest BCUT2D eigenvalue weighted by Gasteiger charge is -2.32. The zero-order valence-corrected chi connectivity index (χ0v) is 16.8. The van der Waals surface area contributed by atoms with E-state index in [-0.39, 0.29) is 24.3 Å². The third-order valence-corrected chi connectivity index (χ3v) is 5.93. The maximum atomic E-state index is 12.9. The van der Waals surface area contributed by atoms with Crippen molar-refractivity contribution in [3.8, 4) is 11.1 Å². The fraction of sp³-hybridized carbons (Fsp3) is 0.154. The van der Waals surface area contributed by atoms with Crippen LogP contribution in [0.5, 0.6) is 0 Å². The molecular formula is C26H22N2O2. The monoisotopic (exact) mass is 394 g/mol. The van der Waals surface area contributed by atoms with Gasteiger partial charge in [0.05, 0.1) is 12.5 Å². The molecule has 1 aliphatic carbocycles. The van der Waals surface area contributed by atoms with Crippen LogP contribution in [-0.4, -0.2) is 16.7 Å². The molecule has 4 heteroatoms. The standard InChI is InChI=1S/C26H22N2O2/c1-17(29)28-13-12-18-6-2-5-9-23(18)25(28)16-26(30)27-21-11-10-20-14-19-7-3-4-8-22(19)24(20)15-21/h2-13,15,25H,14,16H2,1H3,(H,27,30)/t25-/m0/s1. The Morgan fingerprint density at radius 2 is 1.73 bits per heavy atom. The molecule has 1 aliphatic heterocycles. The predicted molar refractivity (Wildman–Crippen MR) is 119 cm³/mol. The normalized spacial score (nSPS) is 15.9. The first-order valence-electron chi connectivity index (χ1n) is 10.2. The zero-order valence-electron chi connectivity index (χ0n) is 16.8. The molecule has 0 spiro atoms. The Kier molecular flexibility index (Phi) is 4.47. The number of carbonyl (C=O) groups excluding carboxylic acids is 2. The summed E-state index contributed by atoms with van der Waals surface area (Å²) in [6, 6.07) is 22.1. The van der Waals surface area contributed by atoms with Crippen LogP contribution in [0.25, 0.3) is 17.2 Å². The summed E-state index contributed by atoms with van der Waals surface area (Å²) in [5, 5.41) is 3.04. The molecule has 1 atom stereocenters. The van der Waals surface area contributed by atoms with E-state index in [1.807, 2.05) is 42.5 Å². The van der Waals surface area contributed by atoms with Crippen molar-refractivity contribution in [2.45, 2.75) is 25.8 Å². The molecule has 2 aliphatic rings. The summed E-state index contributed by atoms with van der Waals surface area (Å²) in [7, 11) is 0. The highest BCUT2D eigenvalue weighted by Gasteiger charge is 2.28. The summed E-state index contributed by atoms with van der Waals surface area (Å²) in [5.41, 5.74) is 7.83. The third-order valence-electron chi connectivity index (χ3n) is 5.93. The number of fused-ring (bicyclic) bond motifs is 4. The Labute approximate surface area is 175 Å². The molecule has 3 aromatic carbocycles. The first kappa shape index (κ1) is 18.4. The quantitative estimate of drug-likeness (QED) is 0.522. The van der Waals surface area contributed by atoms with Crippen molar-refractivity contribution >= 4 is 23.6 Å². The number of nitrogens with zero attached hydrogens (tertiary/aromatic N) is 1. The predicted octanol–water partition coefficient (Wildman–Crippen LogP) is 5.16. The second kappa shape index (κ2) is 7.30. The van der Waals surface area contributed by atoms with Gasteiger partial charge in [-0.05, 0) is 58.0 Å². The summed E-state index contributed by atoms with van der Waals surface area (Å²) < 4.78 is 0. The fourth-order valence-corrected chi connectivity index (χ4v) is 4.50. The Bertz CT molecular complexity index is 1200. The SMILES string of the molecule is CC(=O)N1C=Cc2ccccc2[C@@H]1CC(=O)Nc1ccc2c(c1)-c1ccccc1C2. The lowest BCUT2D eigenvalue weighted by Crippen LogP contribution is -2.33. The van der Waals surface area contributed by atoms with Gasteiger partial charge in [-0.25, -0.2) is 0 Å². The van der Waals surface area contributed by atoms with E-state index in [0.29, 0.717) is 0 Å². The van der Waals surface area contributed by atoms with Crippen molar-refractivity contribution in [1.29, 1.82) is 0 Å². The lowest BCUT2D eigenvalue weighted by molar-refractivity contribution is -0.129. The molecule has 2 amide bonds. The summed E-state index contributed by atoms with van der Waals surface area (Å²) >= 11 is 0. The highest BCUT2D eigenvalue weighted by Crippen LogP contribution is 2.38. The van der Waals surface area contributed by atoms with Gasteiger partial charge in [0.15, 0.2) is 0 Å². The number of hydrogen-bond acceptors (Lipinski definition) is 2. The van der Waals surface area contributed by atoms with E-state index < -0.39 is 0 Å². The molecule has 0 saturated heterocycles. The average Bonchev–Trinajstić information content (AvgIpc) is 3.12. The Morgan fingerprint density at radius 1 is 0.967 bits per heavy atom. The second-order valence-corrected chi connectivity index (χ2v) is 7.84. The summed E-state index contributed by atoms with van der Waals surface area (Å²) in [6.07, 6.45) is 4.82. The number of carbonyl (C=O) groups is 2. The molecule has 0 bridgehead atoms. The molecule has 0 saturated carbocycles. The van der Waals surface area contributed by atoms with Crippen molar-refractivity contribution in [3.05, 3.63) is 95.2 Å². The van der Waals surface area contributed by atoms with E-state index in [9.17, 15) is 9.59 Å². The molecule has 5 rings (SSSR count). The molecule has 30 heavy (non-hydrogen) atoms. The largest absolute Gasteiger partial charge is 0.326 e. The van der Waals surface area contributed by atoms with Crippen molar-refractivity contribution in [1.82, 2.24) is 4.90 Å². The molecular weight excluding hydrogens is 372 g/mol. The molecule has 3 aromatic rings. The number of nitrogens with one attached hydrogen (secondary N) is 1. The van der Waals surface area contributed by atoms with E-state index in [1.165, 1.54) is 29.2 Å². The van der Waals surface area contributed by atoms with Crippen LogP contribution < -0.4 is 5.32 Å². The van der Waals surface area contributed by atoms with Gasteiger partial charge in [0, 0.05) is 18.8 Å². The highest BCUT2D eigenvalue weighted by molar-refractivity contribution is 5.93. The van der Waals surface area contributed by atoms with Crippen molar-refractivity contribution in [2.24, 2.45) is 0 Å². The number of anilines is 1. The van der Waals surface area contributed by atoms with Gasteiger partial charge in [-0.2, -0.15) is 0 Å². The van der Waals surface area contributed by atoms with E-state index in [2.05, 4.69) is 35.6 Å².